The van der Waals surface area contributed by atoms with Crippen LogP contribution in [-0.2, 0) is 4.79 Å². The number of hydrogen-bond acceptors (Lipinski definition) is 2. The first-order chi connectivity index (χ1) is 7.72. The van der Waals surface area contributed by atoms with Crippen LogP contribution >= 0.6 is 0 Å². The summed E-state index contributed by atoms with van der Waals surface area (Å²) >= 11 is 0. The number of terminal acetylenes is 1. The second-order valence-electron chi connectivity index (χ2n) is 4.12. The van der Waals surface area contributed by atoms with E-state index in [1.165, 1.54) is 0 Å². The second kappa shape index (κ2) is 10.5. The first kappa shape index (κ1) is 15.0. The van der Waals surface area contributed by atoms with Crippen molar-refractivity contribution in [2.75, 3.05) is 6.61 Å². The molecule has 0 aliphatic heterocycles. The van der Waals surface area contributed by atoms with E-state index in [0.29, 0.717) is 0 Å². The number of unbranched alkanes of at least 4 members (excludes halogenated alkanes) is 4. The molecule has 0 aliphatic carbocycles. The number of nitrogens with two attached hydrogens (primary N) is 1. The summed E-state index contributed by atoms with van der Waals surface area (Å²) in [5, 5.41) is 8.63. The van der Waals surface area contributed by atoms with Gasteiger partial charge in [-0.15, -0.1) is 12.3 Å². The average Bonchev–Trinajstić information content (AvgIpc) is 2.26. The summed E-state index contributed by atoms with van der Waals surface area (Å²) in [7, 11) is 0. The molecular formula is C13H23NO2. The summed E-state index contributed by atoms with van der Waals surface area (Å²) in [6, 6.07) is 0. The van der Waals surface area contributed by atoms with Gasteiger partial charge in [-0.05, 0) is 25.7 Å². The van der Waals surface area contributed by atoms with E-state index in [1.54, 1.807) is 0 Å². The van der Waals surface area contributed by atoms with Gasteiger partial charge in [0.05, 0.1) is 0 Å². The van der Waals surface area contributed by atoms with Crippen LogP contribution in [0.1, 0.15) is 51.4 Å². The molecule has 16 heavy (non-hydrogen) atoms. The molecule has 1 unspecified atom stereocenters. The molecule has 3 nitrogen and oxygen atoms in total. The second-order valence-corrected chi connectivity index (χ2v) is 4.12. The SMILES string of the molecule is C#CCCCCC(CCCCCO)C(N)=O. The van der Waals surface area contributed by atoms with E-state index >= 15 is 0 Å². The molecule has 0 rings (SSSR count). The minimum atomic E-state index is -0.204. The topological polar surface area (TPSA) is 63.3 Å². The van der Waals surface area contributed by atoms with Gasteiger partial charge in [0.2, 0.25) is 5.91 Å². The first-order valence-electron chi connectivity index (χ1n) is 6.06. The quantitative estimate of drug-likeness (QED) is 0.440. The van der Waals surface area contributed by atoms with Gasteiger partial charge in [0.25, 0.3) is 0 Å². The van der Waals surface area contributed by atoms with E-state index < -0.39 is 0 Å². The zero-order chi connectivity index (χ0) is 12.2. The predicted octanol–water partition coefficient (Wildman–Crippen LogP) is 1.83. The molecule has 3 heteroatoms. The van der Waals surface area contributed by atoms with E-state index in [0.717, 1.165) is 51.4 Å². The Morgan fingerprint density at radius 3 is 2.31 bits per heavy atom. The van der Waals surface area contributed by atoms with Gasteiger partial charge in [-0.2, -0.15) is 0 Å². The van der Waals surface area contributed by atoms with Crippen molar-refractivity contribution >= 4 is 5.91 Å². The third-order valence-electron chi connectivity index (χ3n) is 2.74. The third-order valence-corrected chi connectivity index (χ3v) is 2.74. The van der Waals surface area contributed by atoms with Gasteiger partial charge in [0, 0.05) is 18.9 Å². The standard InChI is InChI=1S/C13H23NO2/c1-2-3-4-6-9-12(13(14)16)10-7-5-8-11-15/h1,12,15H,3-11H2,(H2,14,16). The maximum Gasteiger partial charge on any atom is 0.220 e. The molecule has 0 heterocycles. The number of carbonyl (C=O) groups excluding carboxylic acids is 1. The molecule has 0 aromatic rings. The Balaban J connectivity index is 3.64. The normalized spacial score (nSPS) is 12.0. The molecular weight excluding hydrogens is 202 g/mol. The fourth-order valence-corrected chi connectivity index (χ4v) is 1.73. The Hall–Kier alpha value is -1.01. The van der Waals surface area contributed by atoms with Gasteiger partial charge in [-0.25, -0.2) is 0 Å². The summed E-state index contributed by atoms with van der Waals surface area (Å²) in [5.41, 5.74) is 5.34. The van der Waals surface area contributed by atoms with Crippen LogP contribution in [0.2, 0.25) is 0 Å². The molecule has 0 aromatic heterocycles. The first-order valence-corrected chi connectivity index (χ1v) is 6.06. The van der Waals surface area contributed by atoms with Crippen LogP contribution in [0.5, 0.6) is 0 Å². The highest BCUT2D eigenvalue weighted by Crippen LogP contribution is 2.16. The fourth-order valence-electron chi connectivity index (χ4n) is 1.73. The Morgan fingerprint density at radius 2 is 1.81 bits per heavy atom. The zero-order valence-electron chi connectivity index (χ0n) is 9.95. The molecule has 0 bridgehead atoms. The van der Waals surface area contributed by atoms with Crippen LogP contribution < -0.4 is 5.73 Å². The largest absolute Gasteiger partial charge is 0.396 e. The van der Waals surface area contributed by atoms with Crippen LogP contribution in [0.15, 0.2) is 0 Å². The van der Waals surface area contributed by atoms with Gasteiger partial charge in [-0.1, -0.05) is 19.3 Å². The summed E-state index contributed by atoms with van der Waals surface area (Å²) in [4.78, 5) is 11.2. The minimum absolute atomic E-state index is 0.0172. The highest BCUT2D eigenvalue weighted by atomic mass is 16.2. The van der Waals surface area contributed by atoms with Crippen molar-refractivity contribution in [3.63, 3.8) is 0 Å². The van der Waals surface area contributed by atoms with Crippen LogP contribution in [0.3, 0.4) is 0 Å². The Bertz CT molecular complexity index is 220. The summed E-state index contributed by atoms with van der Waals surface area (Å²) in [6.07, 6.45) is 12.3. The number of primary amides is 1. The van der Waals surface area contributed by atoms with Gasteiger partial charge < -0.3 is 10.8 Å². The molecule has 92 valence electrons. The summed E-state index contributed by atoms with van der Waals surface area (Å²) in [6.45, 7) is 0.226. The highest BCUT2D eigenvalue weighted by Gasteiger charge is 2.13. The van der Waals surface area contributed by atoms with Crippen molar-refractivity contribution in [3.05, 3.63) is 0 Å². The molecule has 0 radical (unpaired) electrons. The highest BCUT2D eigenvalue weighted by molar-refractivity contribution is 5.76. The third kappa shape index (κ3) is 8.31. The van der Waals surface area contributed by atoms with Gasteiger partial charge >= 0.3 is 0 Å². The lowest BCUT2D eigenvalue weighted by atomic mass is 9.94. The Kier molecular flexibility index (Phi) is 9.84. The van der Waals surface area contributed by atoms with E-state index in [-0.39, 0.29) is 18.4 Å². The molecule has 0 aliphatic rings. The molecule has 0 saturated carbocycles. The van der Waals surface area contributed by atoms with Crippen LogP contribution in [0, 0.1) is 18.3 Å². The van der Waals surface area contributed by atoms with Crippen molar-refractivity contribution in [1.29, 1.82) is 0 Å². The lowest BCUT2D eigenvalue weighted by molar-refractivity contribution is -0.122. The van der Waals surface area contributed by atoms with Crippen molar-refractivity contribution in [2.45, 2.75) is 51.4 Å². The summed E-state index contributed by atoms with van der Waals surface area (Å²) < 4.78 is 0. The van der Waals surface area contributed by atoms with Crippen LogP contribution in [0.25, 0.3) is 0 Å². The van der Waals surface area contributed by atoms with E-state index in [4.69, 9.17) is 17.3 Å². The van der Waals surface area contributed by atoms with Crippen molar-refractivity contribution in [2.24, 2.45) is 11.7 Å². The molecule has 0 aromatic carbocycles. The lowest BCUT2D eigenvalue weighted by Crippen LogP contribution is -2.23. The van der Waals surface area contributed by atoms with Gasteiger partial charge in [0.15, 0.2) is 0 Å². The maximum absolute atomic E-state index is 11.2. The number of aliphatic hydroxyl groups is 1. The van der Waals surface area contributed by atoms with Crippen LogP contribution in [-0.4, -0.2) is 17.6 Å². The van der Waals surface area contributed by atoms with Gasteiger partial charge in [-0.3, -0.25) is 4.79 Å². The average molecular weight is 225 g/mol. The zero-order valence-corrected chi connectivity index (χ0v) is 9.95. The fraction of sp³-hybridized carbons (Fsp3) is 0.769. The monoisotopic (exact) mass is 225 g/mol. The number of hydrogen-bond donors (Lipinski definition) is 2. The van der Waals surface area contributed by atoms with Gasteiger partial charge in [0.1, 0.15) is 0 Å². The molecule has 0 spiro atoms. The van der Waals surface area contributed by atoms with Crippen molar-refractivity contribution in [3.8, 4) is 12.3 Å². The summed E-state index contributed by atoms with van der Waals surface area (Å²) in [5.74, 6) is 2.37. The Morgan fingerprint density at radius 1 is 1.19 bits per heavy atom. The maximum atomic E-state index is 11.2. The number of rotatable bonds is 10. The molecule has 1 atom stereocenters. The number of amides is 1. The predicted molar refractivity (Wildman–Crippen MR) is 65.5 cm³/mol. The van der Waals surface area contributed by atoms with E-state index in [1.807, 2.05) is 0 Å². The number of carbonyl (C=O) groups is 1. The molecule has 0 saturated heterocycles. The van der Waals surface area contributed by atoms with E-state index in [2.05, 4.69) is 5.92 Å². The molecule has 3 N–H and O–H groups in total. The molecule has 1 amide bonds. The van der Waals surface area contributed by atoms with Crippen molar-refractivity contribution in [1.82, 2.24) is 0 Å². The Labute approximate surface area is 98.4 Å². The number of aliphatic hydroxyl groups excluding tert-OH is 1. The lowest BCUT2D eigenvalue weighted by Gasteiger charge is -2.12. The van der Waals surface area contributed by atoms with E-state index in [9.17, 15) is 4.79 Å². The van der Waals surface area contributed by atoms with Crippen LogP contribution in [0.4, 0.5) is 0 Å². The minimum Gasteiger partial charge on any atom is -0.396 e. The van der Waals surface area contributed by atoms with Crippen molar-refractivity contribution < 1.29 is 9.90 Å². The smallest absolute Gasteiger partial charge is 0.220 e. The molecule has 0 fully saturated rings.